The summed E-state index contributed by atoms with van der Waals surface area (Å²) < 4.78 is 53.9. The van der Waals surface area contributed by atoms with Gasteiger partial charge in [-0.3, -0.25) is 19.2 Å². The van der Waals surface area contributed by atoms with Crippen LogP contribution in [0, 0.1) is 0 Å². The Hall–Kier alpha value is -2.96. The molecule has 19 heteroatoms. The third-order valence-corrected chi connectivity index (χ3v) is 16.9. The molecule has 2 aliphatic heterocycles. The number of hydrogen-bond acceptors (Lipinski definition) is 14. The number of nitrogens with one attached hydrogen (secondary N) is 2. The molecule has 0 unspecified atom stereocenters. The first-order chi connectivity index (χ1) is 43.0. The average molecular weight is 1320 g/mol. The molecular weight excluding hydrogens is 1200 g/mol. The molecule has 1 aromatic rings. The van der Waals surface area contributed by atoms with Crippen LogP contribution in [0.3, 0.4) is 0 Å². The van der Waals surface area contributed by atoms with Crippen LogP contribution >= 0.6 is 34.8 Å². The Bertz CT molecular complexity index is 2000. The summed E-state index contributed by atoms with van der Waals surface area (Å²) in [6.45, 7) is 12.2. The molecule has 514 valence electrons. The third kappa shape index (κ3) is 39.4. The van der Waals surface area contributed by atoms with Gasteiger partial charge in [-0.25, -0.2) is 4.79 Å². The molecule has 0 bridgehead atoms. The molecule has 16 nitrogen and oxygen atoms in total. The zero-order chi connectivity index (χ0) is 64.8. The molecule has 2 amide bonds. The van der Waals surface area contributed by atoms with Gasteiger partial charge in [-0.1, -0.05) is 273 Å². The van der Waals surface area contributed by atoms with Gasteiger partial charge in [0.2, 0.25) is 9.70 Å². The van der Waals surface area contributed by atoms with E-state index in [9.17, 15) is 24.0 Å². The molecule has 0 radical (unpaired) electrons. The van der Waals surface area contributed by atoms with Crippen LogP contribution in [0.1, 0.15) is 291 Å². The summed E-state index contributed by atoms with van der Waals surface area (Å²) in [4.78, 5) is 68.9. The second-order valence-electron chi connectivity index (χ2n) is 25.2. The average Bonchev–Trinajstić information content (AvgIpc) is 0.961. The van der Waals surface area contributed by atoms with E-state index in [1.54, 1.807) is 13.8 Å². The summed E-state index contributed by atoms with van der Waals surface area (Å²) in [7, 11) is 0. The Morgan fingerprint density at radius 1 is 0.607 bits per heavy atom. The molecule has 1 aromatic carbocycles. The van der Waals surface area contributed by atoms with Crippen LogP contribution in [-0.4, -0.2) is 115 Å². The van der Waals surface area contributed by atoms with Crippen LogP contribution in [0.15, 0.2) is 30.3 Å². The number of benzene rings is 1. The minimum Gasteiger partial charge on any atom is -0.462 e. The first-order valence-corrected chi connectivity index (χ1v) is 36.2. The number of fused-ring (bicyclic) bond motifs is 1. The van der Waals surface area contributed by atoms with Crippen LogP contribution in [-0.2, 0) is 68.4 Å². The van der Waals surface area contributed by atoms with Gasteiger partial charge in [-0.05, 0) is 57.9 Å². The number of carbonyl (C=O) groups excluding carboxylic acids is 5. The highest BCUT2D eigenvalue weighted by atomic mass is 35.6. The Morgan fingerprint density at radius 3 is 1.65 bits per heavy atom. The minimum absolute atomic E-state index is 0.00517. The van der Waals surface area contributed by atoms with E-state index in [0.717, 1.165) is 89.0 Å². The lowest BCUT2D eigenvalue weighted by atomic mass is 9.95. The Balaban J connectivity index is 1.80. The predicted octanol–water partition coefficient (Wildman–Crippen LogP) is 17.7. The number of alkyl halides is 3. The smallest absolute Gasteiger partial charge is 0.407 e. The molecule has 0 saturated carbocycles. The fraction of sp³-hybridized carbons (Fsp3) is 0.843. The Morgan fingerprint density at radius 2 is 1.11 bits per heavy atom. The van der Waals surface area contributed by atoms with Crippen LogP contribution in [0.5, 0.6) is 0 Å². The van der Waals surface area contributed by atoms with Gasteiger partial charge in [0, 0.05) is 19.4 Å². The van der Waals surface area contributed by atoms with Crippen LogP contribution < -0.4 is 10.6 Å². The molecule has 8 atom stereocenters. The monoisotopic (exact) mass is 1320 g/mol. The van der Waals surface area contributed by atoms with Crippen LogP contribution in [0.25, 0.3) is 0 Å². The molecule has 0 aliphatic carbocycles. The van der Waals surface area contributed by atoms with Crippen molar-refractivity contribution in [2.75, 3.05) is 26.4 Å². The lowest BCUT2D eigenvalue weighted by Crippen LogP contribution is -2.69. The van der Waals surface area contributed by atoms with E-state index in [-0.39, 0.29) is 69.7 Å². The van der Waals surface area contributed by atoms with Gasteiger partial charge in [0.05, 0.1) is 38.8 Å². The topological polar surface area (TPSA) is 192 Å². The van der Waals surface area contributed by atoms with Crippen LogP contribution in [0.4, 0.5) is 4.79 Å². The van der Waals surface area contributed by atoms with E-state index in [1.807, 2.05) is 30.3 Å². The number of esters is 3. The van der Waals surface area contributed by atoms with Gasteiger partial charge in [-0.2, -0.15) is 0 Å². The molecule has 0 spiro atoms. The van der Waals surface area contributed by atoms with Gasteiger partial charge in [-0.15, -0.1) is 0 Å². The van der Waals surface area contributed by atoms with E-state index in [4.69, 9.17) is 77.4 Å². The normalized spacial score (nSPS) is 19.1. The van der Waals surface area contributed by atoms with Crippen molar-refractivity contribution in [1.29, 1.82) is 0 Å². The second kappa shape index (κ2) is 49.6. The van der Waals surface area contributed by atoms with E-state index < -0.39 is 77.2 Å². The number of amides is 2. The van der Waals surface area contributed by atoms with E-state index >= 15 is 0 Å². The van der Waals surface area contributed by atoms with E-state index in [1.165, 1.54) is 103 Å². The highest BCUT2D eigenvalue weighted by Crippen LogP contribution is 2.36. The molecule has 2 heterocycles. The molecule has 0 aromatic heterocycles. The number of unbranched alkanes of at least 4 members (excludes halogenated alkanes) is 27. The fourth-order valence-electron chi connectivity index (χ4n) is 11.4. The highest BCUT2D eigenvalue weighted by molar-refractivity contribution is 6.67. The lowest BCUT2D eigenvalue weighted by Gasteiger charge is -2.50. The number of rotatable bonds is 53. The fourth-order valence-corrected chi connectivity index (χ4v) is 11.6. The first-order valence-electron chi connectivity index (χ1n) is 35.1. The zero-order valence-electron chi connectivity index (χ0n) is 55.8. The van der Waals surface area contributed by atoms with Crippen molar-refractivity contribution in [3.05, 3.63) is 35.9 Å². The number of hydrogen-bond donors (Lipinski definition) is 2. The van der Waals surface area contributed by atoms with Crippen molar-refractivity contribution < 1.29 is 66.6 Å². The maximum absolute atomic E-state index is 14.4. The number of ether oxygens (including phenoxy) is 9. The van der Waals surface area contributed by atoms with E-state index in [2.05, 4.69) is 38.3 Å². The van der Waals surface area contributed by atoms with Gasteiger partial charge >= 0.3 is 24.0 Å². The van der Waals surface area contributed by atoms with Crippen molar-refractivity contribution in [3.8, 4) is 0 Å². The molecule has 3 rings (SSSR count). The maximum atomic E-state index is 14.4. The highest BCUT2D eigenvalue weighted by Gasteiger charge is 2.54. The Kier molecular flexibility index (Phi) is 44.7. The SMILES string of the molecule is CCCCCCCCCCC[C@H](CC(=O)O[C@@H]1[C@@H](NC(=O)OCC(Cl)(Cl)Cl)[C@H](OCCCNC(=O)C[C@@H](OC(=O)CCCCCCCCC)[C@H](CCCCCCCCCC)OCc2ccccc2)O[C@@H]2COC(C)(C)O[C@@H]12)OC(=O)CCCCCCCCC. The largest absolute Gasteiger partial charge is 0.462 e. The summed E-state index contributed by atoms with van der Waals surface area (Å²) in [5, 5.41) is 5.75. The molecule has 89 heavy (non-hydrogen) atoms. The predicted molar refractivity (Wildman–Crippen MR) is 354 cm³/mol. The van der Waals surface area contributed by atoms with Gasteiger partial charge in [0.1, 0.15) is 37.1 Å². The first kappa shape index (κ1) is 80.3. The summed E-state index contributed by atoms with van der Waals surface area (Å²) in [6.07, 6.45) is 28.0. The van der Waals surface area contributed by atoms with Crippen molar-refractivity contribution >= 4 is 64.7 Å². The quantitative estimate of drug-likeness (QED) is 0.0271. The maximum Gasteiger partial charge on any atom is 0.407 e. The van der Waals surface area contributed by atoms with Crippen molar-refractivity contribution in [3.63, 3.8) is 0 Å². The van der Waals surface area contributed by atoms with Gasteiger partial charge in [0.25, 0.3) is 0 Å². The summed E-state index contributed by atoms with van der Waals surface area (Å²) in [5.74, 6) is -2.82. The van der Waals surface area contributed by atoms with Crippen molar-refractivity contribution in [1.82, 2.24) is 10.6 Å². The Labute approximate surface area is 552 Å². The summed E-state index contributed by atoms with van der Waals surface area (Å²) >= 11 is 18.0. The van der Waals surface area contributed by atoms with Gasteiger partial charge in [0.15, 0.2) is 18.2 Å². The zero-order valence-corrected chi connectivity index (χ0v) is 58.0. The van der Waals surface area contributed by atoms with Crippen molar-refractivity contribution in [2.45, 2.75) is 351 Å². The number of carbonyl (C=O) groups is 5. The van der Waals surface area contributed by atoms with Crippen LogP contribution in [0.2, 0.25) is 0 Å². The number of halogens is 3. The van der Waals surface area contributed by atoms with Crippen molar-refractivity contribution in [2.24, 2.45) is 0 Å². The third-order valence-electron chi connectivity index (χ3n) is 16.5. The van der Waals surface area contributed by atoms with E-state index in [0.29, 0.717) is 32.3 Å². The molecule has 2 fully saturated rings. The molecule has 2 saturated heterocycles. The molecule has 2 aliphatic rings. The molecular formula is C70H119Cl3N2O14. The molecule has 2 N–H and O–H groups in total. The standard InChI is InChI=1S/C70H119Cl3N2O14/c1-7-11-15-19-23-25-28-30-37-44-56(85-61(77)46-39-32-26-21-17-13-9-3)50-63(79)88-66-64(75-68(80)83-54-70(71,72)73)67(87-59-53-84-69(5,6)89-65(59)66)81-49-41-48-74-60(76)51-58(86-62(78)47-40-33-27-22-18-14-10-4)57(82-52-55-42-35-34-36-43-55)45-38-31-29-24-20-16-12-8-2/h34-36,42-43,56-59,64-67H,7-33,37-41,44-54H2,1-6H3,(H,74,76)(H,75,80)/t56-,57+,58-,59-,64-,65-,66-,67-/m1/s1. The second-order valence-corrected chi connectivity index (χ2v) is 27.7. The summed E-state index contributed by atoms with van der Waals surface area (Å²) in [6, 6.07) is 8.62. The van der Waals surface area contributed by atoms with Gasteiger partial charge < -0.3 is 53.3 Å². The minimum atomic E-state index is -1.93. The number of alkyl carbamates (subject to hydrolysis) is 1. The summed E-state index contributed by atoms with van der Waals surface area (Å²) in [5.41, 5.74) is 0.984. The lowest BCUT2D eigenvalue weighted by molar-refractivity contribution is -0.369.